The minimum Gasteiger partial charge on any atom is -0.322 e. The van der Waals surface area contributed by atoms with E-state index in [1.54, 1.807) is 0 Å². The Bertz CT molecular complexity index is 582. The number of carbonyl (C=O) groups excluding carboxylic acids is 1. The average Bonchev–Trinajstić information content (AvgIpc) is 2.35. The van der Waals surface area contributed by atoms with Crippen LogP contribution in [0.4, 0.5) is 5.69 Å². The predicted molar refractivity (Wildman–Crippen MR) is 73.4 cm³/mol. The van der Waals surface area contributed by atoms with Crippen LogP contribution in [0.2, 0.25) is 10.2 Å². The van der Waals surface area contributed by atoms with Gasteiger partial charge in [-0.05, 0) is 25.1 Å². The lowest BCUT2D eigenvalue weighted by Crippen LogP contribution is -2.12. The van der Waals surface area contributed by atoms with Gasteiger partial charge < -0.3 is 5.32 Å². The molecule has 0 spiro atoms. The van der Waals surface area contributed by atoms with Crippen LogP contribution in [0.3, 0.4) is 0 Å². The quantitative estimate of drug-likeness (QED) is 0.847. The van der Waals surface area contributed by atoms with Gasteiger partial charge in [-0.15, -0.1) is 0 Å². The van der Waals surface area contributed by atoms with E-state index in [1.807, 2.05) is 31.2 Å². The number of amides is 1. The summed E-state index contributed by atoms with van der Waals surface area (Å²) < 4.78 is 0. The normalized spacial score (nSPS) is 10.2. The number of benzene rings is 1. The summed E-state index contributed by atoms with van der Waals surface area (Å²) in [6, 6.07) is 8.91. The number of carbonyl (C=O) groups is 1. The van der Waals surface area contributed by atoms with Crippen molar-refractivity contribution >= 4 is 34.8 Å². The van der Waals surface area contributed by atoms with Gasteiger partial charge in [-0.1, -0.05) is 40.9 Å². The molecule has 0 aliphatic rings. The monoisotopic (exact) mass is 280 g/mol. The molecule has 0 saturated heterocycles. The third-order valence-electron chi connectivity index (χ3n) is 2.38. The second kappa shape index (κ2) is 5.38. The number of nitrogens with zero attached hydrogens (tertiary/aromatic N) is 1. The molecule has 2 rings (SSSR count). The Morgan fingerprint density at radius 3 is 2.56 bits per heavy atom. The van der Waals surface area contributed by atoms with Crippen molar-refractivity contribution in [1.29, 1.82) is 0 Å². The van der Waals surface area contributed by atoms with Gasteiger partial charge in [-0.25, -0.2) is 4.98 Å². The highest BCUT2D eigenvalue weighted by Gasteiger charge is 2.11. The van der Waals surface area contributed by atoms with Crippen LogP contribution >= 0.6 is 23.2 Å². The molecule has 1 aromatic heterocycles. The smallest absolute Gasteiger partial charge is 0.257 e. The molecule has 0 fully saturated rings. The van der Waals surface area contributed by atoms with Gasteiger partial charge in [0.15, 0.2) is 0 Å². The molecule has 0 radical (unpaired) electrons. The van der Waals surface area contributed by atoms with Crippen LogP contribution in [0.1, 0.15) is 15.9 Å². The van der Waals surface area contributed by atoms with E-state index in [9.17, 15) is 4.79 Å². The fraction of sp³-hybridized carbons (Fsp3) is 0.0769. The van der Waals surface area contributed by atoms with Gasteiger partial charge in [-0.2, -0.15) is 0 Å². The molecular formula is C13H10Cl2N2O. The Morgan fingerprint density at radius 1 is 1.22 bits per heavy atom. The van der Waals surface area contributed by atoms with Crippen LogP contribution in [0.15, 0.2) is 36.5 Å². The fourth-order valence-electron chi connectivity index (χ4n) is 1.42. The molecule has 0 aliphatic carbocycles. The largest absolute Gasteiger partial charge is 0.322 e. The number of hydrogen-bond acceptors (Lipinski definition) is 2. The van der Waals surface area contributed by atoms with Crippen molar-refractivity contribution in [3.05, 3.63) is 57.8 Å². The Balaban J connectivity index is 2.21. The van der Waals surface area contributed by atoms with Gasteiger partial charge in [0.1, 0.15) is 5.15 Å². The molecule has 1 N–H and O–H groups in total. The fourth-order valence-corrected chi connectivity index (χ4v) is 1.77. The number of halogens is 2. The van der Waals surface area contributed by atoms with E-state index in [0.717, 1.165) is 5.56 Å². The summed E-state index contributed by atoms with van der Waals surface area (Å²) in [4.78, 5) is 15.8. The summed E-state index contributed by atoms with van der Waals surface area (Å²) in [5.41, 5.74) is 2.13. The maximum Gasteiger partial charge on any atom is 0.257 e. The number of anilines is 1. The first-order valence-corrected chi connectivity index (χ1v) is 6.01. The van der Waals surface area contributed by atoms with Crippen molar-refractivity contribution in [2.45, 2.75) is 6.92 Å². The molecular weight excluding hydrogens is 271 g/mol. The van der Waals surface area contributed by atoms with Crippen LogP contribution in [-0.2, 0) is 0 Å². The van der Waals surface area contributed by atoms with Gasteiger partial charge in [0.25, 0.3) is 5.91 Å². The standard InChI is InChI=1S/C13H10Cl2N2O/c1-8-2-4-9(5-3-8)17-13(18)10-6-12(15)16-7-11(10)14/h2-7H,1H3,(H,17,18). The van der Waals surface area contributed by atoms with Crippen LogP contribution in [-0.4, -0.2) is 10.9 Å². The Morgan fingerprint density at radius 2 is 1.89 bits per heavy atom. The third-order valence-corrected chi connectivity index (χ3v) is 2.88. The van der Waals surface area contributed by atoms with Crippen molar-refractivity contribution in [2.75, 3.05) is 5.32 Å². The molecule has 2 aromatic rings. The molecule has 1 heterocycles. The Hall–Kier alpha value is -1.58. The Labute approximate surface area is 115 Å². The molecule has 0 atom stereocenters. The van der Waals surface area contributed by atoms with E-state index < -0.39 is 0 Å². The number of rotatable bonds is 2. The number of aromatic nitrogens is 1. The van der Waals surface area contributed by atoms with Crippen molar-refractivity contribution < 1.29 is 4.79 Å². The van der Waals surface area contributed by atoms with Crippen LogP contribution in [0, 0.1) is 6.92 Å². The highest BCUT2D eigenvalue weighted by Crippen LogP contribution is 2.19. The van der Waals surface area contributed by atoms with Gasteiger partial charge in [0.05, 0.1) is 10.6 Å². The first-order chi connectivity index (χ1) is 8.56. The first kappa shape index (κ1) is 12.9. The maximum absolute atomic E-state index is 12.0. The number of aryl methyl sites for hydroxylation is 1. The average molecular weight is 281 g/mol. The molecule has 0 aliphatic heterocycles. The first-order valence-electron chi connectivity index (χ1n) is 5.25. The van der Waals surface area contributed by atoms with Crippen molar-refractivity contribution in [1.82, 2.24) is 4.98 Å². The predicted octanol–water partition coefficient (Wildman–Crippen LogP) is 3.95. The highest BCUT2D eigenvalue weighted by atomic mass is 35.5. The summed E-state index contributed by atoms with van der Waals surface area (Å²) >= 11 is 11.6. The van der Waals surface area contributed by atoms with Crippen molar-refractivity contribution in [3.8, 4) is 0 Å². The number of pyridine rings is 1. The molecule has 0 bridgehead atoms. The molecule has 0 saturated carbocycles. The van der Waals surface area contributed by atoms with Crippen LogP contribution in [0.25, 0.3) is 0 Å². The molecule has 1 amide bonds. The zero-order valence-corrected chi connectivity index (χ0v) is 11.1. The van der Waals surface area contributed by atoms with E-state index in [2.05, 4.69) is 10.3 Å². The van der Waals surface area contributed by atoms with Crippen LogP contribution in [0.5, 0.6) is 0 Å². The summed E-state index contributed by atoms with van der Waals surface area (Å²) in [5, 5.41) is 3.24. The summed E-state index contributed by atoms with van der Waals surface area (Å²) in [7, 11) is 0. The van der Waals surface area contributed by atoms with Gasteiger partial charge >= 0.3 is 0 Å². The molecule has 92 valence electrons. The SMILES string of the molecule is Cc1ccc(NC(=O)c2cc(Cl)ncc2Cl)cc1. The summed E-state index contributed by atoms with van der Waals surface area (Å²) in [6.45, 7) is 1.98. The number of hydrogen-bond donors (Lipinski definition) is 1. The minimum absolute atomic E-state index is 0.230. The molecule has 1 aromatic carbocycles. The number of nitrogens with one attached hydrogen (secondary N) is 1. The molecule has 3 nitrogen and oxygen atoms in total. The highest BCUT2D eigenvalue weighted by molar-refractivity contribution is 6.35. The van der Waals surface area contributed by atoms with Gasteiger partial charge in [0, 0.05) is 11.9 Å². The summed E-state index contributed by atoms with van der Waals surface area (Å²) in [5.74, 6) is -0.312. The zero-order chi connectivity index (χ0) is 13.1. The second-order valence-corrected chi connectivity index (χ2v) is 4.60. The lowest BCUT2D eigenvalue weighted by Gasteiger charge is -2.07. The summed E-state index contributed by atoms with van der Waals surface area (Å²) in [6.07, 6.45) is 1.36. The van der Waals surface area contributed by atoms with E-state index >= 15 is 0 Å². The van der Waals surface area contributed by atoms with Gasteiger partial charge in [0.2, 0.25) is 0 Å². The minimum atomic E-state index is -0.312. The zero-order valence-electron chi connectivity index (χ0n) is 9.58. The van der Waals surface area contributed by atoms with Crippen LogP contribution < -0.4 is 5.32 Å². The second-order valence-electron chi connectivity index (χ2n) is 3.81. The molecule has 0 unspecified atom stereocenters. The van der Waals surface area contributed by atoms with Crippen molar-refractivity contribution in [3.63, 3.8) is 0 Å². The lowest BCUT2D eigenvalue weighted by atomic mass is 10.2. The van der Waals surface area contributed by atoms with E-state index in [-0.39, 0.29) is 16.1 Å². The lowest BCUT2D eigenvalue weighted by molar-refractivity contribution is 0.102. The topological polar surface area (TPSA) is 42.0 Å². The van der Waals surface area contributed by atoms with E-state index in [0.29, 0.717) is 11.3 Å². The third kappa shape index (κ3) is 3.00. The van der Waals surface area contributed by atoms with E-state index in [1.165, 1.54) is 12.3 Å². The van der Waals surface area contributed by atoms with Crippen molar-refractivity contribution in [2.24, 2.45) is 0 Å². The Kier molecular flexibility index (Phi) is 3.84. The molecule has 18 heavy (non-hydrogen) atoms. The van der Waals surface area contributed by atoms with E-state index in [4.69, 9.17) is 23.2 Å². The van der Waals surface area contributed by atoms with Gasteiger partial charge in [-0.3, -0.25) is 4.79 Å². The maximum atomic E-state index is 12.0. The molecule has 5 heteroatoms.